The normalized spacial score (nSPS) is 49.5. The molecule has 18 heavy (non-hydrogen) atoms. The molecule has 104 valence electrons. The summed E-state index contributed by atoms with van der Waals surface area (Å²) in [6.07, 6.45) is -1.65. The third-order valence-electron chi connectivity index (χ3n) is 3.51. The van der Waals surface area contributed by atoms with Crippen LogP contribution in [0.15, 0.2) is 0 Å². The van der Waals surface area contributed by atoms with E-state index in [0.29, 0.717) is 6.61 Å². The van der Waals surface area contributed by atoms with Gasteiger partial charge in [0.05, 0.1) is 6.61 Å². The summed E-state index contributed by atoms with van der Waals surface area (Å²) < 4.78 is 28.3. The second kappa shape index (κ2) is 3.65. The van der Waals surface area contributed by atoms with Crippen molar-refractivity contribution in [1.29, 1.82) is 0 Å². The van der Waals surface area contributed by atoms with Crippen molar-refractivity contribution < 1.29 is 28.8 Å². The van der Waals surface area contributed by atoms with Crippen LogP contribution in [0.4, 0.5) is 0 Å². The molecule has 0 aromatic rings. The maximum absolute atomic E-state index is 10.5. The fraction of sp³-hybridized carbons (Fsp3) is 1.00. The fourth-order valence-corrected chi connectivity index (χ4v) is 2.78. The van der Waals surface area contributed by atoms with Crippen molar-refractivity contribution in [2.45, 2.75) is 63.4 Å². The number of ether oxygens (including phenoxy) is 5. The Morgan fingerprint density at radius 2 is 1.72 bits per heavy atom. The molecule has 0 amide bonds. The van der Waals surface area contributed by atoms with Crippen molar-refractivity contribution in [3.8, 4) is 0 Å². The average molecular weight is 260 g/mol. The molecule has 1 spiro atoms. The van der Waals surface area contributed by atoms with E-state index in [1.54, 1.807) is 13.8 Å². The quantitative estimate of drug-likeness (QED) is 0.679. The largest absolute Gasteiger partial charge is 0.385 e. The lowest BCUT2D eigenvalue weighted by atomic mass is 9.97. The van der Waals surface area contributed by atoms with E-state index in [1.807, 2.05) is 13.8 Å². The summed E-state index contributed by atoms with van der Waals surface area (Å²) in [6.45, 7) is 7.74. The lowest BCUT2D eigenvalue weighted by Crippen LogP contribution is -2.61. The maximum Gasteiger partial charge on any atom is 0.224 e. The maximum atomic E-state index is 10.5. The molecule has 3 aliphatic rings. The molecule has 3 heterocycles. The highest BCUT2D eigenvalue weighted by molar-refractivity contribution is 5.00. The Kier molecular flexibility index (Phi) is 2.59. The molecule has 3 rings (SSSR count). The van der Waals surface area contributed by atoms with Crippen LogP contribution < -0.4 is 0 Å². The van der Waals surface area contributed by atoms with Crippen LogP contribution in [-0.2, 0) is 23.7 Å². The molecule has 3 saturated heterocycles. The molecule has 0 radical (unpaired) electrons. The van der Waals surface area contributed by atoms with Gasteiger partial charge in [-0.25, -0.2) is 0 Å². The van der Waals surface area contributed by atoms with E-state index in [0.717, 1.165) is 0 Å². The van der Waals surface area contributed by atoms with Crippen molar-refractivity contribution in [2.24, 2.45) is 0 Å². The first-order chi connectivity index (χ1) is 8.23. The topological polar surface area (TPSA) is 66.4 Å². The van der Waals surface area contributed by atoms with E-state index in [2.05, 4.69) is 0 Å². The Labute approximate surface area is 106 Å². The smallest absolute Gasteiger partial charge is 0.224 e. The van der Waals surface area contributed by atoms with Gasteiger partial charge in [-0.1, -0.05) is 0 Å². The Morgan fingerprint density at radius 3 is 2.33 bits per heavy atom. The highest BCUT2D eigenvalue weighted by atomic mass is 16.9. The minimum atomic E-state index is -1.14. The number of aliphatic hydroxyl groups is 1. The first-order valence-electron chi connectivity index (χ1n) is 6.25. The summed E-state index contributed by atoms with van der Waals surface area (Å²) in [6, 6.07) is 0. The molecule has 0 saturated carbocycles. The van der Waals surface area contributed by atoms with Crippen LogP contribution in [0.5, 0.6) is 0 Å². The van der Waals surface area contributed by atoms with Crippen LogP contribution in [0.2, 0.25) is 0 Å². The van der Waals surface area contributed by atoms with Gasteiger partial charge in [0.1, 0.15) is 24.9 Å². The molecule has 6 heteroatoms. The van der Waals surface area contributed by atoms with E-state index >= 15 is 0 Å². The monoisotopic (exact) mass is 260 g/mol. The molecular formula is C12H20O6. The number of hydrogen-bond acceptors (Lipinski definition) is 6. The Balaban J connectivity index is 1.82. The molecule has 0 aliphatic carbocycles. The molecule has 3 fully saturated rings. The summed E-state index contributed by atoms with van der Waals surface area (Å²) in [7, 11) is 0. The molecule has 0 aromatic heterocycles. The molecular weight excluding hydrogens is 240 g/mol. The Morgan fingerprint density at radius 1 is 1.00 bits per heavy atom. The Hall–Kier alpha value is -0.240. The third kappa shape index (κ3) is 1.88. The van der Waals surface area contributed by atoms with Gasteiger partial charge in [0, 0.05) is 0 Å². The van der Waals surface area contributed by atoms with Crippen LogP contribution in [0, 0.1) is 0 Å². The van der Waals surface area contributed by atoms with Gasteiger partial charge < -0.3 is 28.8 Å². The predicted octanol–water partition coefficient (Wildman–Crippen LogP) is 0.377. The summed E-state index contributed by atoms with van der Waals surface area (Å²) in [4.78, 5) is 0. The van der Waals surface area contributed by atoms with Crippen molar-refractivity contribution in [2.75, 3.05) is 13.2 Å². The van der Waals surface area contributed by atoms with Gasteiger partial charge in [0.2, 0.25) is 5.79 Å². The molecule has 6 nitrogen and oxygen atoms in total. The minimum Gasteiger partial charge on any atom is -0.385 e. The standard InChI is InChI=1S/C12H20O6/c1-10(2)15-6-12(18-10)9(13)8-7(5-14-12)16-11(3,4)17-8/h7-9,13H,5-6H2,1-4H3/t7-,8-,9-,12+/m1/s1. The molecule has 4 atom stereocenters. The van der Waals surface area contributed by atoms with Crippen molar-refractivity contribution >= 4 is 0 Å². The van der Waals surface area contributed by atoms with Gasteiger partial charge >= 0.3 is 0 Å². The number of aliphatic hydroxyl groups excluding tert-OH is 1. The highest BCUT2D eigenvalue weighted by Gasteiger charge is 2.62. The molecule has 0 aromatic carbocycles. The van der Waals surface area contributed by atoms with Gasteiger partial charge in [-0.2, -0.15) is 0 Å². The van der Waals surface area contributed by atoms with E-state index in [4.69, 9.17) is 23.7 Å². The van der Waals surface area contributed by atoms with E-state index in [-0.39, 0.29) is 12.7 Å². The Bertz CT molecular complexity index is 352. The zero-order valence-corrected chi connectivity index (χ0v) is 11.1. The lowest BCUT2D eigenvalue weighted by molar-refractivity contribution is -0.326. The van der Waals surface area contributed by atoms with E-state index < -0.39 is 29.6 Å². The van der Waals surface area contributed by atoms with Crippen molar-refractivity contribution in [3.05, 3.63) is 0 Å². The first kappa shape index (κ1) is 12.8. The number of fused-ring (bicyclic) bond motifs is 1. The second-order valence-electron chi connectivity index (χ2n) is 6.00. The summed E-state index contributed by atoms with van der Waals surface area (Å²) in [5, 5.41) is 10.5. The van der Waals surface area contributed by atoms with Crippen LogP contribution >= 0.6 is 0 Å². The van der Waals surface area contributed by atoms with Crippen LogP contribution in [0.3, 0.4) is 0 Å². The number of hydrogen-bond donors (Lipinski definition) is 1. The summed E-state index contributed by atoms with van der Waals surface area (Å²) >= 11 is 0. The van der Waals surface area contributed by atoms with Crippen LogP contribution in [0.25, 0.3) is 0 Å². The van der Waals surface area contributed by atoms with Crippen LogP contribution in [0.1, 0.15) is 27.7 Å². The zero-order valence-electron chi connectivity index (χ0n) is 11.1. The SMILES string of the molecule is CC1(C)O[C@H]2[C@@H](O)[C@@]3(COC(C)(C)O3)OC[C@H]2O1. The molecule has 0 unspecified atom stereocenters. The molecule has 0 bridgehead atoms. The van der Waals surface area contributed by atoms with E-state index in [1.165, 1.54) is 0 Å². The fourth-order valence-electron chi connectivity index (χ4n) is 2.78. The van der Waals surface area contributed by atoms with Gasteiger partial charge in [-0.3, -0.25) is 0 Å². The minimum absolute atomic E-state index is 0.189. The summed E-state index contributed by atoms with van der Waals surface area (Å²) in [5.41, 5.74) is 0. The third-order valence-corrected chi connectivity index (χ3v) is 3.51. The van der Waals surface area contributed by atoms with Gasteiger partial charge in [0.15, 0.2) is 11.6 Å². The molecule has 1 N–H and O–H groups in total. The van der Waals surface area contributed by atoms with Crippen molar-refractivity contribution in [3.63, 3.8) is 0 Å². The lowest BCUT2D eigenvalue weighted by Gasteiger charge is -2.41. The predicted molar refractivity (Wildman–Crippen MR) is 59.6 cm³/mol. The highest BCUT2D eigenvalue weighted by Crippen LogP contribution is 2.43. The zero-order chi connectivity index (χ0) is 13.2. The first-order valence-corrected chi connectivity index (χ1v) is 6.25. The van der Waals surface area contributed by atoms with Crippen molar-refractivity contribution in [1.82, 2.24) is 0 Å². The van der Waals surface area contributed by atoms with Gasteiger partial charge in [-0.15, -0.1) is 0 Å². The van der Waals surface area contributed by atoms with Crippen LogP contribution in [-0.4, -0.2) is 54.0 Å². The summed E-state index contributed by atoms with van der Waals surface area (Å²) in [5.74, 6) is -2.61. The van der Waals surface area contributed by atoms with Gasteiger partial charge in [0.25, 0.3) is 0 Å². The number of rotatable bonds is 0. The van der Waals surface area contributed by atoms with E-state index in [9.17, 15) is 5.11 Å². The second-order valence-corrected chi connectivity index (χ2v) is 6.00. The average Bonchev–Trinajstić information content (AvgIpc) is 2.71. The van der Waals surface area contributed by atoms with Gasteiger partial charge in [-0.05, 0) is 27.7 Å². The molecule has 3 aliphatic heterocycles.